The molecular formula is C43H78O10. The van der Waals surface area contributed by atoms with Gasteiger partial charge in [0.15, 0.2) is 12.4 Å². The minimum absolute atomic E-state index is 0.222. The van der Waals surface area contributed by atoms with Crippen molar-refractivity contribution < 1.29 is 49.0 Å². The maximum atomic E-state index is 12.7. The first-order chi connectivity index (χ1) is 25.8. The molecule has 4 N–H and O–H groups in total. The second-order valence-electron chi connectivity index (χ2n) is 14.8. The largest absolute Gasteiger partial charge is 0.462 e. The number of allylic oxidation sites excluding steroid dienone is 4. The Labute approximate surface area is 322 Å². The molecule has 2 unspecified atom stereocenters. The Kier molecular flexibility index (Phi) is 32.2. The number of carbonyl (C=O) groups is 2. The summed E-state index contributed by atoms with van der Waals surface area (Å²) in [6, 6.07) is 0. The van der Waals surface area contributed by atoms with Gasteiger partial charge in [-0.15, -0.1) is 0 Å². The van der Waals surface area contributed by atoms with E-state index in [9.17, 15) is 30.0 Å². The first kappa shape index (κ1) is 49.2. The highest BCUT2D eigenvalue weighted by Gasteiger charge is 2.44. The van der Waals surface area contributed by atoms with Gasteiger partial charge in [-0.25, -0.2) is 0 Å². The smallest absolute Gasteiger partial charge is 0.306 e. The molecule has 310 valence electrons. The van der Waals surface area contributed by atoms with E-state index >= 15 is 0 Å². The summed E-state index contributed by atoms with van der Waals surface area (Å²) in [6.45, 7) is 3.38. The monoisotopic (exact) mass is 755 g/mol. The topological polar surface area (TPSA) is 152 Å². The summed E-state index contributed by atoms with van der Waals surface area (Å²) in [5.74, 6) is -0.820. The molecule has 1 aliphatic heterocycles. The van der Waals surface area contributed by atoms with Gasteiger partial charge < -0.3 is 39.4 Å². The molecule has 0 amide bonds. The van der Waals surface area contributed by atoms with Gasteiger partial charge in [-0.1, -0.05) is 154 Å². The lowest BCUT2D eigenvalue weighted by Gasteiger charge is -2.39. The summed E-state index contributed by atoms with van der Waals surface area (Å²) in [5.41, 5.74) is 0. The van der Waals surface area contributed by atoms with Crippen molar-refractivity contribution in [2.45, 2.75) is 218 Å². The van der Waals surface area contributed by atoms with E-state index in [1.165, 1.54) is 83.5 Å². The zero-order valence-electron chi connectivity index (χ0n) is 33.5. The lowest BCUT2D eigenvalue weighted by Crippen LogP contribution is -2.59. The van der Waals surface area contributed by atoms with Crippen LogP contribution >= 0.6 is 0 Å². The fourth-order valence-corrected chi connectivity index (χ4v) is 6.41. The lowest BCUT2D eigenvalue weighted by atomic mass is 9.99. The fourth-order valence-electron chi connectivity index (χ4n) is 6.41. The van der Waals surface area contributed by atoms with Crippen LogP contribution in [0.5, 0.6) is 0 Å². The number of hydrogen-bond donors (Lipinski definition) is 4. The van der Waals surface area contributed by atoms with Gasteiger partial charge in [0.2, 0.25) is 0 Å². The third-order valence-corrected chi connectivity index (χ3v) is 9.87. The third kappa shape index (κ3) is 26.6. The first-order valence-corrected chi connectivity index (χ1v) is 21.4. The van der Waals surface area contributed by atoms with Crippen LogP contribution < -0.4 is 0 Å². The maximum Gasteiger partial charge on any atom is 0.306 e. The van der Waals surface area contributed by atoms with Gasteiger partial charge in [0.05, 0.1) is 13.2 Å². The van der Waals surface area contributed by atoms with Gasteiger partial charge in [-0.3, -0.25) is 9.59 Å². The highest BCUT2D eigenvalue weighted by molar-refractivity contribution is 5.70. The van der Waals surface area contributed by atoms with E-state index in [0.717, 1.165) is 57.8 Å². The molecule has 0 aromatic heterocycles. The Morgan fingerprint density at radius 1 is 0.585 bits per heavy atom. The molecule has 53 heavy (non-hydrogen) atoms. The molecule has 0 spiro atoms. The van der Waals surface area contributed by atoms with Crippen LogP contribution in [0.1, 0.15) is 181 Å². The molecule has 1 fully saturated rings. The number of hydrogen-bond acceptors (Lipinski definition) is 10. The molecule has 1 rings (SSSR count). The predicted molar refractivity (Wildman–Crippen MR) is 210 cm³/mol. The van der Waals surface area contributed by atoms with E-state index < -0.39 is 49.4 Å². The summed E-state index contributed by atoms with van der Waals surface area (Å²) in [5, 5.41) is 40.0. The molecule has 0 radical (unpaired) electrons. The van der Waals surface area contributed by atoms with Crippen LogP contribution in [0, 0.1) is 0 Å². The molecule has 0 saturated carbocycles. The zero-order valence-corrected chi connectivity index (χ0v) is 33.5. The summed E-state index contributed by atoms with van der Waals surface area (Å²) >= 11 is 0. The van der Waals surface area contributed by atoms with Crippen molar-refractivity contribution in [2.24, 2.45) is 0 Å². The zero-order chi connectivity index (χ0) is 38.8. The van der Waals surface area contributed by atoms with Gasteiger partial charge in [-0.2, -0.15) is 0 Å². The highest BCUT2D eigenvalue weighted by atomic mass is 16.7. The number of unbranched alkanes of at least 4 members (excludes halogenated alkanes) is 21. The van der Waals surface area contributed by atoms with Crippen LogP contribution in [-0.2, 0) is 28.5 Å². The van der Waals surface area contributed by atoms with E-state index in [1.54, 1.807) is 0 Å². The summed E-state index contributed by atoms with van der Waals surface area (Å²) in [7, 11) is 0. The van der Waals surface area contributed by atoms with E-state index in [1.807, 2.05) is 0 Å². The number of aliphatic hydroxyl groups excluding tert-OH is 4. The lowest BCUT2D eigenvalue weighted by molar-refractivity contribution is -0.305. The highest BCUT2D eigenvalue weighted by Crippen LogP contribution is 2.22. The van der Waals surface area contributed by atoms with Crippen LogP contribution in [0.25, 0.3) is 0 Å². The standard InChI is InChI=1S/C43H78O10/c1-3-5-7-9-11-13-15-17-18-20-21-23-25-27-29-31-38(45)50-34-36(35-51-43-42(49)41(48)40(47)37(33-44)53-43)52-39(46)32-30-28-26-24-22-19-16-14-12-10-8-6-4-2/h13,15,17-18,36-37,40-44,47-49H,3-12,14,16,19-35H2,1-2H3/b15-13+,18-17+/t36-,37-,40+,41?,42?,43-/m0/s1. The average Bonchev–Trinajstić information content (AvgIpc) is 3.15. The Bertz CT molecular complexity index is 923. The van der Waals surface area contributed by atoms with Crippen LogP contribution in [0.2, 0.25) is 0 Å². The maximum absolute atomic E-state index is 12.7. The van der Waals surface area contributed by atoms with Crippen LogP contribution in [-0.4, -0.2) is 89.0 Å². The first-order valence-electron chi connectivity index (χ1n) is 21.4. The second kappa shape index (κ2) is 34.7. The Balaban J connectivity index is 2.36. The van der Waals surface area contributed by atoms with Gasteiger partial charge in [-0.05, 0) is 38.5 Å². The normalized spacial score (nSPS) is 21.1. The van der Waals surface area contributed by atoms with E-state index in [0.29, 0.717) is 12.8 Å². The molecular weight excluding hydrogens is 676 g/mol. The molecule has 0 aromatic carbocycles. The molecule has 0 aliphatic carbocycles. The fraction of sp³-hybridized carbons (Fsp3) is 0.860. The molecule has 1 saturated heterocycles. The molecule has 6 atom stereocenters. The van der Waals surface area contributed by atoms with Crippen LogP contribution in [0.3, 0.4) is 0 Å². The number of carbonyl (C=O) groups excluding carboxylic acids is 2. The van der Waals surface area contributed by atoms with Crippen molar-refractivity contribution in [2.75, 3.05) is 19.8 Å². The number of rotatable bonds is 35. The molecule has 1 aliphatic rings. The molecule has 1 heterocycles. The van der Waals surface area contributed by atoms with Crippen LogP contribution in [0.15, 0.2) is 24.3 Å². The molecule has 0 aromatic rings. The number of aliphatic hydroxyl groups is 4. The molecule has 0 bridgehead atoms. The number of esters is 2. The van der Waals surface area contributed by atoms with Gasteiger partial charge >= 0.3 is 11.9 Å². The van der Waals surface area contributed by atoms with Crippen LogP contribution in [0.4, 0.5) is 0 Å². The Morgan fingerprint density at radius 2 is 1.04 bits per heavy atom. The molecule has 10 heteroatoms. The average molecular weight is 755 g/mol. The van der Waals surface area contributed by atoms with Crippen molar-refractivity contribution in [3.8, 4) is 0 Å². The minimum atomic E-state index is -1.59. The Hall–Kier alpha value is -1.82. The van der Waals surface area contributed by atoms with Crippen molar-refractivity contribution in [1.82, 2.24) is 0 Å². The van der Waals surface area contributed by atoms with Gasteiger partial charge in [0.25, 0.3) is 0 Å². The summed E-state index contributed by atoms with van der Waals surface area (Å²) < 4.78 is 22.1. The quantitative estimate of drug-likeness (QED) is 0.0281. The molecule has 10 nitrogen and oxygen atoms in total. The van der Waals surface area contributed by atoms with E-state index in [4.69, 9.17) is 18.9 Å². The summed E-state index contributed by atoms with van der Waals surface area (Å²) in [4.78, 5) is 25.2. The SMILES string of the molecule is CCCCCC/C=C/C=C/CCCCCCCC(=O)OC[C@@H](CO[C@H]1O[C@@H](CO)[C@@H](O)C(O)C1O)OC(=O)CCCCCCCCCCCCCCC. The minimum Gasteiger partial charge on any atom is -0.462 e. The van der Waals surface area contributed by atoms with Crippen molar-refractivity contribution in [3.63, 3.8) is 0 Å². The van der Waals surface area contributed by atoms with Gasteiger partial charge in [0.1, 0.15) is 31.0 Å². The second-order valence-corrected chi connectivity index (χ2v) is 14.8. The number of ether oxygens (including phenoxy) is 4. The third-order valence-electron chi connectivity index (χ3n) is 9.87. The Morgan fingerprint density at radius 3 is 1.55 bits per heavy atom. The van der Waals surface area contributed by atoms with Crippen molar-refractivity contribution >= 4 is 11.9 Å². The van der Waals surface area contributed by atoms with Crippen molar-refractivity contribution in [3.05, 3.63) is 24.3 Å². The van der Waals surface area contributed by atoms with Crippen molar-refractivity contribution in [1.29, 1.82) is 0 Å². The van der Waals surface area contributed by atoms with E-state index in [2.05, 4.69) is 38.2 Å². The predicted octanol–water partition coefficient (Wildman–Crippen LogP) is 8.55. The summed E-state index contributed by atoms with van der Waals surface area (Å²) in [6.07, 6.45) is 28.9. The van der Waals surface area contributed by atoms with E-state index in [-0.39, 0.29) is 32.0 Å². The van der Waals surface area contributed by atoms with Gasteiger partial charge in [0, 0.05) is 12.8 Å².